The lowest BCUT2D eigenvalue weighted by molar-refractivity contribution is 0.620. The van der Waals surface area contributed by atoms with Crippen LogP contribution in [0.2, 0.25) is 5.02 Å². The number of H-pyrrole nitrogens is 1. The van der Waals surface area contributed by atoms with Gasteiger partial charge >= 0.3 is 0 Å². The largest absolute Gasteiger partial charge is 0.302 e. The summed E-state index contributed by atoms with van der Waals surface area (Å²) in [6.07, 6.45) is 0.821. The van der Waals surface area contributed by atoms with Crippen LogP contribution in [0.4, 0.5) is 0 Å². The maximum absolute atomic E-state index is 6.05. The quantitative estimate of drug-likeness (QED) is 0.776. The highest BCUT2D eigenvalue weighted by molar-refractivity contribution is 6.31. The van der Waals surface area contributed by atoms with Gasteiger partial charge in [-0.15, -0.1) is 10.2 Å². The van der Waals surface area contributed by atoms with Crippen LogP contribution in [0.15, 0.2) is 53.6 Å². The highest BCUT2D eigenvalue weighted by Gasteiger charge is 2.21. The second-order valence-corrected chi connectivity index (χ2v) is 5.75. The monoisotopic (exact) mass is 324 g/mol. The first kappa shape index (κ1) is 13.9. The molecule has 1 aliphatic rings. The van der Waals surface area contributed by atoms with Crippen molar-refractivity contribution in [1.29, 1.82) is 0 Å². The van der Waals surface area contributed by atoms with Crippen LogP contribution in [-0.4, -0.2) is 26.3 Å². The first-order valence-electron chi connectivity index (χ1n) is 7.21. The Bertz CT molecular complexity index is 841. The minimum Gasteiger partial charge on any atom is -0.302 e. The summed E-state index contributed by atoms with van der Waals surface area (Å²) in [5.41, 5.74) is 7.35. The van der Waals surface area contributed by atoms with Crippen molar-refractivity contribution in [2.45, 2.75) is 12.5 Å². The first-order chi connectivity index (χ1) is 11.3. The Morgan fingerprint density at radius 3 is 2.65 bits per heavy atom. The summed E-state index contributed by atoms with van der Waals surface area (Å²) in [6.45, 7) is 0. The number of tetrazole rings is 1. The van der Waals surface area contributed by atoms with Crippen molar-refractivity contribution < 1.29 is 0 Å². The molecule has 3 aromatic rings. The maximum atomic E-state index is 6.05. The van der Waals surface area contributed by atoms with E-state index in [9.17, 15) is 0 Å². The van der Waals surface area contributed by atoms with E-state index in [4.69, 9.17) is 11.6 Å². The SMILES string of the molecule is Clc1cccc(C2=NNC(c3ccc(-c4nn[nH]n4)cc3)C2)c1. The van der Waals surface area contributed by atoms with Crippen LogP contribution in [0.1, 0.15) is 23.6 Å². The van der Waals surface area contributed by atoms with Gasteiger partial charge in [0.05, 0.1) is 11.8 Å². The van der Waals surface area contributed by atoms with Gasteiger partial charge in [0.1, 0.15) is 0 Å². The van der Waals surface area contributed by atoms with Crippen LogP contribution < -0.4 is 5.43 Å². The van der Waals surface area contributed by atoms with Crippen LogP contribution in [0.25, 0.3) is 11.4 Å². The van der Waals surface area contributed by atoms with Crippen LogP contribution in [0, 0.1) is 0 Å². The van der Waals surface area contributed by atoms with Crippen molar-refractivity contribution in [3.05, 3.63) is 64.7 Å². The van der Waals surface area contributed by atoms with E-state index in [0.717, 1.165) is 33.8 Å². The maximum Gasteiger partial charge on any atom is 0.204 e. The summed E-state index contributed by atoms with van der Waals surface area (Å²) in [6, 6.07) is 16.0. The molecule has 1 atom stereocenters. The number of benzene rings is 2. The summed E-state index contributed by atoms with van der Waals surface area (Å²) in [5.74, 6) is 0.590. The molecule has 2 N–H and O–H groups in total. The van der Waals surface area contributed by atoms with Crippen molar-refractivity contribution in [2.24, 2.45) is 5.10 Å². The molecule has 0 aliphatic carbocycles. The molecule has 23 heavy (non-hydrogen) atoms. The third kappa shape index (κ3) is 2.80. The molecule has 1 aromatic heterocycles. The van der Waals surface area contributed by atoms with Gasteiger partial charge in [0.2, 0.25) is 5.82 Å². The molecule has 1 unspecified atom stereocenters. The van der Waals surface area contributed by atoms with Crippen molar-refractivity contribution in [3.63, 3.8) is 0 Å². The third-order valence-corrected chi connectivity index (χ3v) is 4.06. The predicted octanol–water partition coefficient (Wildman–Crippen LogP) is 2.96. The molecule has 7 heteroatoms. The molecule has 1 aliphatic heterocycles. The van der Waals surface area contributed by atoms with Gasteiger partial charge in [-0.25, -0.2) is 0 Å². The summed E-state index contributed by atoms with van der Waals surface area (Å²) in [4.78, 5) is 0. The molecule has 2 aromatic carbocycles. The number of aromatic nitrogens is 4. The Balaban J connectivity index is 1.50. The fraction of sp³-hybridized carbons (Fsp3) is 0.125. The van der Waals surface area contributed by atoms with E-state index >= 15 is 0 Å². The fourth-order valence-corrected chi connectivity index (χ4v) is 2.82. The molecule has 0 amide bonds. The Morgan fingerprint density at radius 2 is 1.91 bits per heavy atom. The van der Waals surface area contributed by atoms with E-state index in [-0.39, 0.29) is 6.04 Å². The smallest absolute Gasteiger partial charge is 0.204 e. The number of rotatable bonds is 3. The predicted molar refractivity (Wildman–Crippen MR) is 88.1 cm³/mol. The van der Waals surface area contributed by atoms with Crippen LogP contribution in [-0.2, 0) is 0 Å². The summed E-state index contributed by atoms with van der Waals surface area (Å²) >= 11 is 6.05. The van der Waals surface area contributed by atoms with E-state index in [1.54, 1.807) is 0 Å². The van der Waals surface area contributed by atoms with Crippen LogP contribution in [0.3, 0.4) is 0 Å². The second kappa shape index (κ2) is 5.81. The zero-order valence-electron chi connectivity index (χ0n) is 12.1. The van der Waals surface area contributed by atoms with Gasteiger partial charge in [-0.2, -0.15) is 10.3 Å². The van der Waals surface area contributed by atoms with E-state index in [1.807, 2.05) is 36.4 Å². The van der Waals surface area contributed by atoms with Gasteiger partial charge in [-0.1, -0.05) is 48.0 Å². The van der Waals surface area contributed by atoms with Gasteiger partial charge in [0.25, 0.3) is 0 Å². The average molecular weight is 325 g/mol. The molecule has 4 rings (SSSR count). The number of nitrogens with one attached hydrogen (secondary N) is 2. The molecule has 0 saturated heterocycles. The van der Waals surface area contributed by atoms with E-state index in [2.05, 4.69) is 43.3 Å². The zero-order valence-corrected chi connectivity index (χ0v) is 12.8. The lowest BCUT2D eigenvalue weighted by Crippen LogP contribution is -2.09. The minimum atomic E-state index is 0.156. The average Bonchev–Trinajstić information content (AvgIpc) is 3.27. The van der Waals surface area contributed by atoms with Crippen molar-refractivity contribution in [3.8, 4) is 11.4 Å². The van der Waals surface area contributed by atoms with Crippen molar-refractivity contribution in [1.82, 2.24) is 26.0 Å². The van der Waals surface area contributed by atoms with Crippen LogP contribution >= 0.6 is 11.6 Å². The normalized spacial score (nSPS) is 16.9. The van der Waals surface area contributed by atoms with Gasteiger partial charge in [-0.05, 0) is 28.5 Å². The second-order valence-electron chi connectivity index (χ2n) is 5.31. The number of aromatic amines is 1. The Kier molecular flexibility index (Phi) is 3.51. The lowest BCUT2D eigenvalue weighted by atomic mass is 9.98. The van der Waals surface area contributed by atoms with Crippen molar-refractivity contribution in [2.75, 3.05) is 0 Å². The Morgan fingerprint density at radius 1 is 1.04 bits per heavy atom. The molecule has 0 radical (unpaired) electrons. The lowest BCUT2D eigenvalue weighted by Gasteiger charge is -2.10. The van der Waals surface area contributed by atoms with Gasteiger partial charge in [-0.3, -0.25) is 0 Å². The minimum absolute atomic E-state index is 0.156. The van der Waals surface area contributed by atoms with E-state index in [0.29, 0.717) is 5.82 Å². The summed E-state index contributed by atoms with van der Waals surface area (Å²) < 4.78 is 0. The number of hydrazone groups is 1. The molecule has 6 nitrogen and oxygen atoms in total. The molecular formula is C16H13ClN6. The van der Waals surface area contributed by atoms with E-state index < -0.39 is 0 Å². The van der Waals surface area contributed by atoms with Crippen molar-refractivity contribution >= 4 is 17.3 Å². The number of hydrogen-bond acceptors (Lipinski definition) is 5. The third-order valence-electron chi connectivity index (χ3n) is 3.83. The first-order valence-corrected chi connectivity index (χ1v) is 7.59. The van der Waals surface area contributed by atoms with Crippen LogP contribution in [0.5, 0.6) is 0 Å². The topological polar surface area (TPSA) is 78.9 Å². The molecule has 114 valence electrons. The molecule has 2 heterocycles. The molecule has 0 fully saturated rings. The summed E-state index contributed by atoms with van der Waals surface area (Å²) in [7, 11) is 0. The summed E-state index contributed by atoms with van der Waals surface area (Å²) in [5, 5.41) is 19.1. The van der Waals surface area contributed by atoms with Gasteiger partial charge in [0.15, 0.2) is 0 Å². The zero-order chi connectivity index (χ0) is 15.6. The van der Waals surface area contributed by atoms with E-state index in [1.165, 1.54) is 0 Å². The molecule has 0 spiro atoms. The number of halogens is 1. The Labute approximate surface area is 137 Å². The molecule has 0 bridgehead atoms. The number of hydrogen-bond donors (Lipinski definition) is 2. The molecule has 0 saturated carbocycles. The standard InChI is InChI=1S/C16H13ClN6/c17-13-3-1-2-12(8-13)15-9-14(18-19-15)10-4-6-11(7-5-10)16-20-22-23-21-16/h1-8,14,18H,9H2,(H,20,21,22,23). The highest BCUT2D eigenvalue weighted by Crippen LogP contribution is 2.26. The van der Waals surface area contributed by atoms with Gasteiger partial charge in [0, 0.05) is 17.0 Å². The Hall–Kier alpha value is -2.73. The fourth-order valence-electron chi connectivity index (χ4n) is 2.63. The highest BCUT2D eigenvalue weighted by atomic mass is 35.5. The molecular weight excluding hydrogens is 312 g/mol. The van der Waals surface area contributed by atoms with Gasteiger partial charge < -0.3 is 5.43 Å². The number of nitrogens with zero attached hydrogens (tertiary/aromatic N) is 4.